The van der Waals surface area contributed by atoms with Crippen LogP contribution in [0, 0.1) is 11.8 Å². The molecule has 11 heteroatoms. The van der Waals surface area contributed by atoms with E-state index in [1.807, 2.05) is 54.3 Å². The average molecular weight is 578 g/mol. The van der Waals surface area contributed by atoms with E-state index in [0.29, 0.717) is 30.4 Å². The largest absolute Gasteiger partial charge is 0.344 e. The Balaban J connectivity index is 1.17. The highest BCUT2D eigenvalue weighted by Crippen LogP contribution is 2.29. The van der Waals surface area contributed by atoms with Crippen molar-refractivity contribution in [1.29, 1.82) is 0 Å². The normalized spacial score (nSPS) is 17.4. The van der Waals surface area contributed by atoms with Crippen LogP contribution in [0.25, 0.3) is 33.5 Å². The summed E-state index contributed by atoms with van der Waals surface area (Å²) in [6, 6.07) is 20.8. The average Bonchev–Trinajstić information content (AvgIpc) is 3.72. The van der Waals surface area contributed by atoms with Crippen molar-refractivity contribution < 1.29 is 9.59 Å². The third-order valence-electron chi connectivity index (χ3n) is 8.39. The minimum atomic E-state index is -0.743. The summed E-state index contributed by atoms with van der Waals surface area (Å²) in [4.78, 5) is 31.4. The summed E-state index contributed by atoms with van der Waals surface area (Å²) in [5.41, 5.74) is 12.3. The van der Waals surface area contributed by atoms with Gasteiger partial charge in [0.25, 0.3) is 0 Å². The molecular formula is C32H35N9O2. The maximum Gasteiger partial charge on any atom is 0.247 e. The van der Waals surface area contributed by atoms with Crippen LogP contribution in [0.3, 0.4) is 0 Å². The van der Waals surface area contributed by atoms with E-state index < -0.39 is 6.04 Å². The number of amides is 2. The maximum atomic E-state index is 13.6. The highest BCUT2D eigenvalue weighted by Gasteiger charge is 2.29. The van der Waals surface area contributed by atoms with Gasteiger partial charge in [0.2, 0.25) is 17.6 Å². The number of aromatic nitrogens is 6. The molecule has 0 unspecified atom stereocenters. The highest BCUT2D eigenvalue weighted by atomic mass is 16.2. The predicted octanol–water partition coefficient (Wildman–Crippen LogP) is 3.85. The predicted molar refractivity (Wildman–Crippen MR) is 165 cm³/mol. The first-order chi connectivity index (χ1) is 21.0. The van der Waals surface area contributed by atoms with Crippen molar-refractivity contribution in [1.82, 2.24) is 35.5 Å². The summed E-state index contributed by atoms with van der Waals surface area (Å²) < 4.78 is 1.99. The van der Waals surface area contributed by atoms with E-state index in [1.165, 1.54) is 0 Å². The number of aryl methyl sites for hydroxylation is 1. The number of aromatic amines is 1. The van der Waals surface area contributed by atoms with Crippen LogP contribution in [-0.2, 0) is 23.1 Å². The molecule has 220 valence electrons. The highest BCUT2D eigenvalue weighted by molar-refractivity contribution is 5.97. The van der Waals surface area contributed by atoms with Gasteiger partial charge in [0.15, 0.2) is 0 Å². The number of benzene rings is 3. The summed E-state index contributed by atoms with van der Waals surface area (Å²) in [5, 5.41) is 20.0. The van der Waals surface area contributed by atoms with Crippen molar-refractivity contribution in [2.24, 2.45) is 24.6 Å². The number of tetrazole rings is 1. The van der Waals surface area contributed by atoms with Crippen molar-refractivity contribution in [2.75, 3.05) is 11.9 Å². The lowest BCUT2D eigenvalue weighted by molar-refractivity contribution is -0.130. The van der Waals surface area contributed by atoms with Gasteiger partial charge >= 0.3 is 0 Å². The molecule has 2 heterocycles. The van der Waals surface area contributed by atoms with Crippen molar-refractivity contribution in [2.45, 2.75) is 38.1 Å². The number of nitrogens with zero attached hydrogens (tertiary/aromatic N) is 5. The molecule has 2 amide bonds. The Labute approximate surface area is 249 Å². The smallest absolute Gasteiger partial charge is 0.247 e. The van der Waals surface area contributed by atoms with E-state index in [2.05, 4.69) is 54.4 Å². The number of fused-ring (bicyclic) bond motifs is 1. The summed E-state index contributed by atoms with van der Waals surface area (Å²) in [6.45, 7) is 0.649. The first-order valence-corrected chi connectivity index (χ1v) is 14.6. The van der Waals surface area contributed by atoms with Gasteiger partial charge in [-0.1, -0.05) is 30.3 Å². The standard InChI is InChI=1S/C32H35N9O2/c1-41-19-34-27-17-25(12-15-29(27)41)22-6-2-20(3-7-22)16-28(36-31(42)24-8-4-21(18-33)5-9-24)32(43)35-26-13-10-23(11-14-26)30-37-39-40-38-30/h2-3,6-7,10-15,17,19,21,24,28H,4-5,8-9,16,18,33H2,1H3,(H,35,43)(H,36,42)(H,37,38,39,40)/t21?,24?,28-/m0/s1. The Morgan fingerprint density at radius 2 is 1.70 bits per heavy atom. The van der Waals surface area contributed by atoms with E-state index in [0.717, 1.165) is 59.0 Å². The van der Waals surface area contributed by atoms with Crippen molar-refractivity contribution >= 4 is 28.5 Å². The van der Waals surface area contributed by atoms with Crippen LogP contribution in [0.4, 0.5) is 5.69 Å². The molecule has 3 aromatic carbocycles. The zero-order valence-electron chi connectivity index (χ0n) is 24.0. The second-order valence-electron chi connectivity index (χ2n) is 11.3. The number of hydrogen-bond acceptors (Lipinski definition) is 7. The lowest BCUT2D eigenvalue weighted by Gasteiger charge is -2.28. The van der Waals surface area contributed by atoms with E-state index in [9.17, 15) is 9.59 Å². The van der Waals surface area contributed by atoms with Gasteiger partial charge in [0, 0.05) is 30.6 Å². The molecule has 6 rings (SSSR count). The minimum absolute atomic E-state index is 0.0802. The SMILES string of the molecule is Cn1cnc2cc(-c3ccc(C[C@H](NC(=O)C4CCC(CN)CC4)C(=O)Nc4ccc(-c5nn[nH]n5)cc4)cc3)ccc21. The van der Waals surface area contributed by atoms with Crippen LogP contribution in [0.5, 0.6) is 0 Å². The third-order valence-corrected chi connectivity index (χ3v) is 8.39. The van der Waals surface area contributed by atoms with Crippen LogP contribution in [0.2, 0.25) is 0 Å². The number of carbonyl (C=O) groups excluding carboxylic acids is 2. The monoisotopic (exact) mass is 577 g/mol. The number of carbonyl (C=O) groups is 2. The number of anilines is 1. The minimum Gasteiger partial charge on any atom is -0.344 e. The number of nitrogens with two attached hydrogens (primary N) is 1. The summed E-state index contributed by atoms with van der Waals surface area (Å²) in [5.74, 6) is 0.465. The molecule has 5 N–H and O–H groups in total. The van der Waals surface area contributed by atoms with E-state index in [4.69, 9.17) is 5.73 Å². The quantitative estimate of drug-likeness (QED) is 0.207. The van der Waals surface area contributed by atoms with E-state index in [-0.39, 0.29) is 17.7 Å². The van der Waals surface area contributed by atoms with Gasteiger partial charge in [-0.15, -0.1) is 10.2 Å². The van der Waals surface area contributed by atoms with Gasteiger partial charge in [-0.2, -0.15) is 5.21 Å². The molecule has 0 radical (unpaired) electrons. The van der Waals surface area contributed by atoms with Crippen LogP contribution >= 0.6 is 0 Å². The van der Waals surface area contributed by atoms with Gasteiger partial charge in [-0.25, -0.2) is 4.98 Å². The third kappa shape index (κ3) is 6.46. The number of imidazole rings is 1. The zero-order valence-corrected chi connectivity index (χ0v) is 24.0. The van der Waals surface area contributed by atoms with Gasteiger partial charge < -0.3 is 20.9 Å². The Morgan fingerprint density at radius 1 is 0.977 bits per heavy atom. The molecule has 0 saturated heterocycles. The Hall–Kier alpha value is -4.90. The first-order valence-electron chi connectivity index (χ1n) is 14.6. The van der Waals surface area contributed by atoms with Crippen LogP contribution < -0.4 is 16.4 Å². The molecule has 43 heavy (non-hydrogen) atoms. The second kappa shape index (κ2) is 12.5. The molecule has 1 saturated carbocycles. The second-order valence-corrected chi connectivity index (χ2v) is 11.3. The molecule has 2 aromatic heterocycles. The topological polar surface area (TPSA) is 156 Å². The fraction of sp³-hybridized carbons (Fsp3) is 0.312. The molecule has 0 bridgehead atoms. The van der Waals surface area contributed by atoms with Crippen molar-refractivity contribution in [3.05, 3.63) is 78.6 Å². The lowest BCUT2D eigenvalue weighted by atomic mass is 9.81. The molecule has 0 aliphatic heterocycles. The molecule has 5 aromatic rings. The zero-order chi connectivity index (χ0) is 29.8. The molecule has 1 atom stereocenters. The van der Waals surface area contributed by atoms with Crippen LogP contribution in [-0.4, -0.2) is 54.6 Å². The fourth-order valence-corrected chi connectivity index (χ4v) is 5.76. The van der Waals surface area contributed by atoms with Crippen molar-refractivity contribution in [3.8, 4) is 22.5 Å². The summed E-state index contributed by atoms with van der Waals surface area (Å²) in [7, 11) is 1.98. The lowest BCUT2D eigenvalue weighted by Crippen LogP contribution is -2.48. The van der Waals surface area contributed by atoms with Gasteiger partial charge in [-0.3, -0.25) is 9.59 Å². The Morgan fingerprint density at radius 3 is 2.40 bits per heavy atom. The van der Waals surface area contributed by atoms with Crippen LogP contribution in [0.15, 0.2) is 73.1 Å². The first kappa shape index (κ1) is 28.2. The molecule has 1 fully saturated rings. The maximum absolute atomic E-state index is 13.6. The Kier molecular flexibility index (Phi) is 8.23. The number of hydrogen-bond donors (Lipinski definition) is 4. The molecule has 1 aliphatic rings. The molecule has 1 aliphatic carbocycles. The van der Waals surface area contributed by atoms with E-state index >= 15 is 0 Å². The number of H-pyrrole nitrogens is 1. The summed E-state index contributed by atoms with van der Waals surface area (Å²) in [6.07, 6.45) is 5.61. The van der Waals surface area contributed by atoms with E-state index in [1.54, 1.807) is 12.1 Å². The van der Waals surface area contributed by atoms with Gasteiger partial charge in [0.1, 0.15) is 6.04 Å². The van der Waals surface area contributed by atoms with Gasteiger partial charge in [-0.05, 0) is 96.4 Å². The van der Waals surface area contributed by atoms with Gasteiger partial charge in [0.05, 0.1) is 17.4 Å². The molecule has 0 spiro atoms. The van der Waals surface area contributed by atoms with Crippen LogP contribution in [0.1, 0.15) is 31.2 Å². The van der Waals surface area contributed by atoms with Crippen molar-refractivity contribution in [3.63, 3.8) is 0 Å². The number of rotatable bonds is 9. The summed E-state index contributed by atoms with van der Waals surface area (Å²) >= 11 is 0. The Bertz CT molecular complexity index is 1690. The molecule has 11 nitrogen and oxygen atoms in total. The molecular weight excluding hydrogens is 542 g/mol. The number of nitrogens with one attached hydrogen (secondary N) is 3. The fourth-order valence-electron chi connectivity index (χ4n) is 5.76.